The highest BCUT2D eigenvalue weighted by molar-refractivity contribution is 6.30. The molecule has 170 valence electrons. The number of nitrogens with zero attached hydrogens (tertiary/aromatic N) is 3. The van der Waals surface area contributed by atoms with E-state index in [9.17, 15) is 14.4 Å². The molecular formula is C23H27ClN4O4. The van der Waals surface area contributed by atoms with E-state index < -0.39 is 11.5 Å². The maximum atomic E-state index is 13.5. The minimum Gasteiger partial charge on any atom is -0.461 e. The van der Waals surface area contributed by atoms with E-state index in [-0.39, 0.29) is 48.9 Å². The van der Waals surface area contributed by atoms with Gasteiger partial charge >= 0.3 is 5.97 Å². The highest BCUT2D eigenvalue weighted by atomic mass is 35.5. The van der Waals surface area contributed by atoms with Gasteiger partial charge in [-0.05, 0) is 44.4 Å². The lowest BCUT2D eigenvalue weighted by atomic mass is 9.93. The van der Waals surface area contributed by atoms with Crippen molar-refractivity contribution in [3.8, 4) is 0 Å². The molecule has 1 fully saturated rings. The van der Waals surface area contributed by atoms with Gasteiger partial charge in [0.05, 0.1) is 13.2 Å². The van der Waals surface area contributed by atoms with Crippen molar-refractivity contribution < 1.29 is 19.1 Å². The van der Waals surface area contributed by atoms with E-state index in [4.69, 9.17) is 16.3 Å². The molecule has 1 saturated carbocycles. The smallest absolute Gasteiger partial charge is 0.358 e. The first-order valence-electron chi connectivity index (χ1n) is 10.9. The number of carbonyl (C=O) groups is 3. The molecule has 2 amide bonds. The van der Waals surface area contributed by atoms with Crippen molar-refractivity contribution in [2.45, 2.75) is 64.2 Å². The number of fused-ring (bicyclic) bond motifs is 1. The molecule has 1 aromatic heterocycles. The summed E-state index contributed by atoms with van der Waals surface area (Å²) in [5.41, 5.74) is -0.0129. The van der Waals surface area contributed by atoms with Crippen LogP contribution in [0.1, 0.15) is 66.1 Å². The monoisotopic (exact) mass is 458 g/mol. The highest BCUT2D eigenvalue weighted by Gasteiger charge is 2.48. The van der Waals surface area contributed by atoms with Gasteiger partial charge in [-0.15, -0.1) is 0 Å². The third kappa shape index (κ3) is 4.24. The number of carbonyl (C=O) groups excluding carboxylic acids is 3. The van der Waals surface area contributed by atoms with Crippen LogP contribution in [0, 0.1) is 0 Å². The zero-order chi connectivity index (χ0) is 22.9. The van der Waals surface area contributed by atoms with Crippen LogP contribution in [-0.2, 0) is 22.6 Å². The first-order valence-corrected chi connectivity index (χ1v) is 11.3. The molecule has 1 N–H and O–H groups in total. The molecule has 4 rings (SSSR count). The normalized spacial score (nSPS) is 20.8. The van der Waals surface area contributed by atoms with Gasteiger partial charge < -0.3 is 15.0 Å². The molecule has 1 unspecified atom stereocenters. The van der Waals surface area contributed by atoms with E-state index in [1.807, 2.05) is 12.1 Å². The molecule has 32 heavy (non-hydrogen) atoms. The fourth-order valence-electron chi connectivity index (χ4n) is 4.38. The second-order valence-corrected chi connectivity index (χ2v) is 8.98. The maximum absolute atomic E-state index is 13.5. The van der Waals surface area contributed by atoms with Gasteiger partial charge in [0, 0.05) is 23.7 Å². The van der Waals surface area contributed by atoms with Gasteiger partial charge in [0.2, 0.25) is 5.91 Å². The number of hydrogen-bond acceptors (Lipinski definition) is 5. The van der Waals surface area contributed by atoms with Crippen LogP contribution >= 0.6 is 11.6 Å². The van der Waals surface area contributed by atoms with Crippen LogP contribution in [-0.4, -0.2) is 50.7 Å². The summed E-state index contributed by atoms with van der Waals surface area (Å²) < 4.78 is 6.48. The van der Waals surface area contributed by atoms with E-state index >= 15 is 0 Å². The molecule has 1 atom stereocenters. The number of esters is 1. The zero-order valence-corrected chi connectivity index (χ0v) is 19.0. The third-order valence-electron chi connectivity index (χ3n) is 6.22. The number of amides is 2. The Kier molecular flexibility index (Phi) is 6.24. The van der Waals surface area contributed by atoms with Crippen LogP contribution in [0.3, 0.4) is 0 Å². The van der Waals surface area contributed by atoms with E-state index in [1.165, 1.54) is 10.7 Å². The van der Waals surface area contributed by atoms with E-state index in [1.54, 1.807) is 30.9 Å². The molecule has 1 aromatic carbocycles. The third-order valence-corrected chi connectivity index (χ3v) is 6.47. The lowest BCUT2D eigenvalue weighted by molar-refractivity contribution is -0.134. The molecule has 0 bridgehead atoms. The maximum Gasteiger partial charge on any atom is 0.358 e. The van der Waals surface area contributed by atoms with Crippen LogP contribution in [0.4, 0.5) is 0 Å². The Morgan fingerprint density at radius 3 is 2.59 bits per heavy atom. The largest absolute Gasteiger partial charge is 0.461 e. The highest BCUT2D eigenvalue weighted by Crippen LogP contribution is 2.31. The molecule has 9 heteroatoms. The summed E-state index contributed by atoms with van der Waals surface area (Å²) in [6, 6.07) is 8.72. The number of benzene rings is 1. The summed E-state index contributed by atoms with van der Waals surface area (Å²) >= 11 is 6.01. The lowest BCUT2D eigenvalue weighted by Crippen LogP contribution is -2.64. The van der Waals surface area contributed by atoms with E-state index in [0.717, 1.165) is 31.2 Å². The number of nitrogens with one attached hydrogen (secondary N) is 1. The quantitative estimate of drug-likeness (QED) is 0.671. The van der Waals surface area contributed by atoms with Crippen molar-refractivity contribution in [1.82, 2.24) is 20.0 Å². The van der Waals surface area contributed by atoms with Gasteiger partial charge in [-0.3, -0.25) is 14.3 Å². The van der Waals surface area contributed by atoms with Crippen molar-refractivity contribution >= 4 is 29.4 Å². The first-order chi connectivity index (χ1) is 15.3. The molecule has 8 nitrogen and oxygen atoms in total. The van der Waals surface area contributed by atoms with Crippen molar-refractivity contribution in [1.29, 1.82) is 0 Å². The summed E-state index contributed by atoms with van der Waals surface area (Å²) in [7, 11) is 0. The second-order valence-electron chi connectivity index (χ2n) is 8.54. The molecule has 1 aliphatic carbocycles. The summed E-state index contributed by atoms with van der Waals surface area (Å²) in [5.74, 6) is -1.17. The summed E-state index contributed by atoms with van der Waals surface area (Å²) in [6.45, 7) is 4.03. The van der Waals surface area contributed by atoms with Gasteiger partial charge in [-0.1, -0.05) is 36.6 Å². The molecule has 0 saturated heterocycles. The second kappa shape index (κ2) is 8.94. The Balaban J connectivity index is 1.69. The van der Waals surface area contributed by atoms with Crippen molar-refractivity contribution in [3.05, 3.63) is 52.3 Å². The van der Waals surface area contributed by atoms with Crippen LogP contribution in [0.25, 0.3) is 0 Å². The standard InChI is InChI=1S/C23H27ClN4O4/c1-3-32-21(30)18-12-19-20(29)27(13-15-8-10-16(24)11-9-15)23(2,14-28(19)26-18)22(31)25-17-6-4-5-7-17/h8-12,17H,3-7,13-14H2,1-2H3,(H,25,31). The first kappa shape index (κ1) is 22.3. The van der Waals surface area contributed by atoms with E-state index in [2.05, 4.69) is 10.4 Å². The number of aromatic nitrogens is 2. The fraction of sp³-hybridized carbons (Fsp3) is 0.478. The molecule has 2 aromatic rings. The molecule has 1 aliphatic heterocycles. The minimum atomic E-state index is -1.18. The molecule has 2 heterocycles. The molecular weight excluding hydrogens is 432 g/mol. The van der Waals surface area contributed by atoms with Crippen LogP contribution in [0.5, 0.6) is 0 Å². The van der Waals surface area contributed by atoms with Gasteiger partial charge in [0.15, 0.2) is 5.69 Å². The molecule has 2 aliphatic rings. The van der Waals surface area contributed by atoms with Crippen molar-refractivity contribution in [3.63, 3.8) is 0 Å². The van der Waals surface area contributed by atoms with Gasteiger partial charge in [0.25, 0.3) is 5.91 Å². The number of hydrogen-bond donors (Lipinski definition) is 1. The Morgan fingerprint density at radius 1 is 1.25 bits per heavy atom. The topological polar surface area (TPSA) is 93.5 Å². The predicted molar refractivity (Wildman–Crippen MR) is 118 cm³/mol. The predicted octanol–water partition coefficient (Wildman–Crippen LogP) is 3.19. The Bertz CT molecular complexity index is 1030. The summed E-state index contributed by atoms with van der Waals surface area (Å²) in [5, 5.41) is 8.00. The zero-order valence-electron chi connectivity index (χ0n) is 18.3. The average Bonchev–Trinajstić information content (AvgIpc) is 3.42. The fourth-order valence-corrected chi connectivity index (χ4v) is 4.50. The summed E-state index contributed by atoms with van der Waals surface area (Å²) in [6.07, 6.45) is 4.04. The Labute approximate surface area is 191 Å². The van der Waals surface area contributed by atoms with Crippen LogP contribution in [0.15, 0.2) is 30.3 Å². The number of rotatable bonds is 6. The lowest BCUT2D eigenvalue weighted by Gasteiger charge is -2.43. The SMILES string of the molecule is CCOC(=O)c1cc2n(n1)CC(C)(C(=O)NC1CCCC1)N(Cc1ccc(Cl)cc1)C2=O. The van der Waals surface area contributed by atoms with Gasteiger partial charge in [-0.2, -0.15) is 5.10 Å². The average molecular weight is 459 g/mol. The molecule has 0 radical (unpaired) electrons. The van der Waals surface area contributed by atoms with Crippen molar-refractivity contribution in [2.24, 2.45) is 0 Å². The number of ether oxygens (including phenoxy) is 1. The van der Waals surface area contributed by atoms with Gasteiger partial charge in [-0.25, -0.2) is 4.79 Å². The van der Waals surface area contributed by atoms with Gasteiger partial charge in [0.1, 0.15) is 11.2 Å². The van der Waals surface area contributed by atoms with E-state index in [0.29, 0.717) is 5.02 Å². The molecule has 0 spiro atoms. The Morgan fingerprint density at radius 2 is 1.94 bits per heavy atom. The summed E-state index contributed by atoms with van der Waals surface area (Å²) in [4.78, 5) is 40.8. The number of halogens is 1. The van der Waals surface area contributed by atoms with Crippen LogP contribution in [0.2, 0.25) is 5.02 Å². The van der Waals surface area contributed by atoms with Crippen LogP contribution < -0.4 is 5.32 Å². The Hall–Kier alpha value is -2.87. The minimum absolute atomic E-state index is 0.0575. The van der Waals surface area contributed by atoms with Crippen molar-refractivity contribution in [2.75, 3.05) is 6.61 Å².